The van der Waals surface area contributed by atoms with Gasteiger partial charge >= 0.3 is 0 Å². The van der Waals surface area contributed by atoms with Gasteiger partial charge in [-0.1, -0.05) is 48.0 Å². The molecule has 380 valence electrons. The van der Waals surface area contributed by atoms with Crippen LogP contribution < -0.4 is 42.1 Å². The van der Waals surface area contributed by atoms with Crippen LogP contribution in [0.5, 0.6) is 0 Å². The van der Waals surface area contributed by atoms with E-state index in [-0.39, 0.29) is 11.1 Å². The van der Waals surface area contributed by atoms with Gasteiger partial charge in [0.15, 0.2) is 0 Å². The second-order valence-electron chi connectivity index (χ2n) is 20.8. The van der Waals surface area contributed by atoms with Crippen LogP contribution in [0.25, 0.3) is 21.8 Å². The monoisotopic (exact) mass is 999 g/mol. The summed E-state index contributed by atoms with van der Waals surface area (Å²) in [6.07, 6.45) is 11.7. The number of piperidine rings is 2. The smallest absolute Gasteiger partial charge is 0.227 e. The largest absolute Gasteiger partial charge is 0.371 e. The molecule has 2 aliphatic rings. The zero-order chi connectivity index (χ0) is 51.4. The molecule has 2 aliphatic heterocycles. The standard InChI is InChI=1S/C29H35N7.C20H16ClN5.C9H20N2/c1-20-18-22(10-11-24(20)34-28-30-14-7-15-31-28)32-27-19-26(23-8-5-6-9-25(23)33-27)36-16-12-21(13-17-36)35-29(2,3)4;1-13-11-14(7-8-17(13)26-20-22-9-4-10-23-20)24-19-12-16(21)15-5-2-3-6-18(15)25-19;1-9(2,3)11-8-4-6-10-7-5-8/h5-11,14-15,18-19,21,35H,12-13,16-17H2,1-4H3,(H,32,33)(H,30,31,34);2-12H,1H3,(H,24,25)(H,22,23,26);8,10-11H,4-7H2,1-3H3. The van der Waals surface area contributed by atoms with Gasteiger partial charge in [-0.3, -0.25) is 0 Å². The summed E-state index contributed by atoms with van der Waals surface area (Å²) in [5, 5.41) is 26.9. The summed E-state index contributed by atoms with van der Waals surface area (Å²) in [5.74, 6) is 2.72. The van der Waals surface area contributed by atoms with Crippen molar-refractivity contribution in [3.05, 3.63) is 150 Å². The third-order valence-corrected chi connectivity index (χ3v) is 12.7. The molecule has 73 heavy (non-hydrogen) atoms. The van der Waals surface area contributed by atoms with Crippen molar-refractivity contribution in [2.24, 2.45) is 0 Å². The Kier molecular flexibility index (Phi) is 17.3. The molecule has 2 saturated heterocycles. The number of fused-ring (bicyclic) bond motifs is 2. The fourth-order valence-electron chi connectivity index (χ4n) is 9.16. The van der Waals surface area contributed by atoms with E-state index in [1.165, 1.54) is 37.0 Å². The summed E-state index contributed by atoms with van der Waals surface area (Å²) in [6, 6.07) is 37.4. The number of benzene rings is 4. The van der Waals surface area contributed by atoms with Crippen LogP contribution in [-0.2, 0) is 0 Å². The minimum Gasteiger partial charge on any atom is -0.371 e. The lowest BCUT2D eigenvalue weighted by Crippen LogP contribution is -2.49. The van der Waals surface area contributed by atoms with E-state index in [4.69, 9.17) is 16.6 Å². The van der Waals surface area contributed by atoms with Crippen LogP contribution in [0.4, 0.5) is 52.0 Å². The fraction of sp³-hybridized carbons (Fsp3) is 0.345. The molecule has 0 amide bonds. The van der Waals surface area contributed by atoms with Crippen molar-refractivity contribution < 1.29 is 0 Å². The van der Waals surface area contributed by atoms with Gasteiger partial charge in [0.05, 0.1) is 16.1 Å². The van der Waals surface area contributed by atoms with Crippen molar-refractivity contribution in [1.82, 2.24) is 45.9 Å². The molecule has 0 atom stereocenters. The van der Waals surface area contributed by atoms with Crippen LogP contribution in [0.2, 0.25) is 5.02 Å². The normalized spacial score (nSPS) is 14.4. The Morgan fingerprint density at radius 2 is 0.973 bits per heavy atom. The van der Waals surface area contributed by atoms with Crippen molar-refractivity contribution in [2.45, 2.75) is 104 Å². The first-order valence-corrected chi connectivity index (χ1v) is 25.8. The van der Waals surface area contributed by atoms with E-state index >= 15 is 0 Å². The van der Waals surface area contributed by atoms with Crippen LogP contribution in [-0.4, -0.2) is 79.2 Å². The minimum absolute atomic E-state index is 0.143. The topological polar surface area (TPSA) is 165 Å². The van der Waals surface area contributed by atoms with Gasteiger partial charge < -0.3 is 42.1 Å². The number of nitrogens with zero attached hydrogens (tertiary/aromatic N) is 7. The second kappa shape index (κ2) is 24.2. The predicted octanol–water partition coefficient (Wildman–Crippen LogP) is 12.8. The summed E-state index contributed by atoms with van der Waals surface area (Å²) in [4.78, 5) is 28.9. The average molecular weight is 1000 g/mol. The number of aryl methyl sites for hydroxylation is 2. The highest BCUT2D eigenvalue weighted by Crippen LogP contribution is 2.34. The highest BCUT2D eigenvalue weighted by atomic mass is 35.5. The van der Waals surface area contributed by atoms with Gasteiger partial charge in [0.1, 0.15) is 11.6 Å². The van der Waals surface area contributed by atoms with Crippen LogP contribution in [0.1, 0.15) is 78.4 Å². The number of rotatable bonds is 11. The second-order valence-corrected chi connectivity index (χ2v) is 21.2. The Labute approximate surface area is 436 Å². The molecule has 6 heterocycles. The van der Waals surface area contributed by atoms with E-state index in [9.17, 15) is 0 Å². The summed E-state index contributed by atoms with van der Waals surface area (Å²) in [5.41, 5.74) is 9.55. The first-order valence-electron chi connectivity index (χ1n) is 25.4. The third kappa shape index (κ3) is 15.5. The summed E-state index contributed by atoms with van der Waals surface area (Å²) < 4.78 is 0. The van der Waals surface area contributed by atoms with Gasteiger partial charge in [-0.2, -0.15) is 0 Å². The van der Waals surface area contributed by atoms with Crippen molar-refractivity contribution in [1.29, 1.82) is 0 Å². The molecule has 4 aromatic carbocycles. The number of hydrogen-bond acceptors (Lipinski definition) is 14. The van der Waals surface area contributed by atoms with Gasteiger partial charge in [-0.15, -0.1) is 0 Å². The molecule has 2 fully saturated rings. The number of aromatic nitrogens is 6. The first-order chi connectivity index (χ1) is 35.1. The van der Waals surface area contributed by atoms with Crippen molar-refractivity contribution >= 4 is 85.4 Å². The van der Waals surface area contributed by atoms with Crippen molar-refractivity contribution in [3.63, 3.8) is 0 Å². The van der Waals surface area contributed by atoms with E-state index in [1.54, 1.807) is 36.9 Å². The number of nitrogens with one attached hydrogen (secondary N) is 7. The van der Waals surface area contributed by atoms with Gasteiger partial charge in [0.25, 0.3) is 0 Å². The van der Waals surface area contributed by atoms with E-state index < -0.39 is 0 Å². The Hall–Kier alpha value is -6.97. The quantitative estimate of drug-likeness (QED) is 0.0655. The molecule has 0 saturated carbocycles. The molecular weight excluding hydrogens is 928 g/mol. The van der Waals surface area contributed by atoms with Gasteiger partial charge in [-0.25, -0.2) is 29.9 Å². The van der Waals surface area contributed by atoms with Crippen LogP contribution in [0, 0.1) is 13.8 Å². The maximum absolute atomic E-state index is 6.37. The minimum atomic E-state index is 0.143. The van der Waals surface area contributed by atoms with E-state index in [0.29, 0.717) is 28.8 Å². The third-order valence-electron chi connectivity index (χ3n) is 12.4. The summed E-state index contributed by atoms with van der Waals surface area (Å²) >= 11 is 6.37. The predicted molar refractivity (Wildman–Crippen MR) is 305 cm³/mol. The van der Waals surface area contributed by atoms with Crippen molar-refractivity contribution in [2.75, 3.05) is 52.3 Å². The molecule has 8 aromatic rings. The van der Waals surface area contributed by atoms with Crippen LogP contribution >= 0.6 is 11.6 Å². The van der Waals surface area contributed by atoms with Crippen LogP contribution in [0.3, 0.4) is 0 Å². The van der Waals surface area contributed by atoms with E-state index in [0.717, 1.165) is 88.1 Å². The molecule has 0 bridgehead atoms. The molecule has 10 rings (SSSR count). The molecule has 0 radical (unpaired) electrons. The Morgan fingerprint density at radius 1 is 0.521 bits per heavy atom. The van der Waals surface area contributed by atoms with Gasteiger partial charge in [-0.05, 0) is 166 Å². The van der Waals surface area contributed by atoms with Gasteiger partial charge in [0, 0.05) is 112 Å². The first kappa shape index (κ1) is 52.4. The molecule has 0 spiro atoms. The zero-order valence-corrected chi connectivity index (χ0v) is 44.3. The number of hydrogen-bond donors (Lipinski definition) is 7. The maximum Gasteiger partial charge on any atom is 0.227 e. The molecule has 14 nitrogen and oxygen atoms in total. The fourth-order valence-corrected chi connectivity index (χ4v) is 9.43. The van der Waals surface area contributed by atoms with E-state index in [2.05, 4.69) is 158 Å². The molecule has 15 heteroatoms. The van der Waals surface area contributed by atoms with Crippen molar-refractivity contribution in [3.8, 4) is 0 Å². The number of halogens is 1. The SMILES string of the molecule is CC(C)(C)NC1CCNCC1.Cc1cc(Nc2cc(Cl)c3ccccc3n2)ccc1Nc1ncccn1.Cc1cc(Nc2cc(N3CCC(NC(C)(C)C)CC3)c3ccccc3n2)ccc1Nc1ncccn1. The highest BCUT2D eigenvalue weighted by molar-refractivity contribution is 6.35. The number of para-hydroxylation sites is 2. The molecule has 4 aromatic heterocycles. The Bertz CT molecular complexity index is 3040. The maximum atomic E-state index is 6.37. The Balaban J connectivity index is 0.000000167. The zero-order valence-electron chi connectivity index (χ0n) is 43.5. The lowest BCUT2D eigenvalue weighted by atomic mass is 9.99. The summed E-state index contributed by atoms with van der Waals surface area (Å²) in [6.45, 7) is 21.9. The Morgan fingerprint density at radius 3 is 1.47 bits per heavy atom. The number of anilines is 9. The lowest BCUT2D eigenvalue weighted by Gasteiger charge is -2.37. The molecular formula is C58H71ClN14. The highest BCUT2D eigenvalue weighted by Gasteiger charge is 2.25. The molecule has 0 aliphatic carbocycles. The molecule has 0 unspecified atom stereocenters. The van der Waals surface area contributed by atoms with Gasteiger partial charge in [0.2, 0.25) is 11.9 Å². The summed E-state index contributed by atoms with van der Waals surface area (Å²) in [7, 11) is 0. The van der Waals surface area contributed by atoms with Crippen LogP contribution in [0.15, 0.2) is 134 Å². The lowest BCUT2D eigenvalue weighted by molar-refractivity contribution is 0.304. The molecule has 7 N–H and O–H groups in total. The van der Waals surface area contributed by atoms with E-state index in [1.807, 2.05) is 61.5 Å². The average Bonchev–Trinajstić information content (AvgIpc) is 3.36. The number of pyridine rings is 2.